The number of aliphatic hydroxyl groups excluding tert-OH is 1. The van der Waals surface area contributed by atoms with Crippen LogP contribution in [0.1, 0.15) is 88.9 Å². The topological polar surface area (TPSA) is 20.2 Å². The molecule has 1 aromatic carbocycles. The molecule has 0 amide bonds. The maximum atomic E-state index is 10.3. The molecule has 0 spiro atoms. The molecule has 1 N–H and O–H groups in total. The van der Waals surface area contributed by atoms with Crippen molar-refractivity contribution >= 4 is 0 Å². The highest BCUT2D eigenvalue weighted by atomic mass is 16.3. The highest BCUT2D eigenvalue weighted by Crippen LogP contribution is 2.21. The molecule has 0 saturated heterocycles. The number of hydrogen-bond donors (Lipinski definition) is 1. The van der Waals surface area contributed by atoms with Crippen LogP contribution in [0.3, 0.4) is 0 Å². The molecule has 0 heterocycles. The maximum Gasteiger partial charge on any atom is 0.0790 e. The van der Waals surface area contributed by atoms with Crippen LogP contribution in [0.15, 0.2) is 24.3 Å². The van der Waals surface area contributed by atoms with Gasteiger partial charge >= 0.3 is 0 Å². The van der Waals surface area contributed by atoms with Crippen molar-refractivity contribution in [3.8, 4) is 0 Å². The minimum Gasteiger partial charge on any atom is -0.388 e. The summed E-state index contributed by atoms with van der Waals surface area (Å²) in [6.45, 7) is 4.45. The van der Waals surface area contributed by atoms with Crippen LogP contribution in [0.5, 0.6) is 0 Å². The van der Waals surface area contributed by atoms with Crippen molar-refractivity contribution < 1.29 is 5.11 Å². The summed E-state index contributed by atoms with van der Waals surface area (Å²) >= 11 is 0. The van der Waals surface area contributed by atoms with Crippen molar-refractivity contribution in [3.05, 3.63) is 35.4 Å². The van der Waals surface area contributed by atoms with E-state index in [0.29, 0.717) is 0 Å². The average molecular weight is 276 g/mol. The smallest absolute Gasteiger partial charge is 0.0790 e. The van der Waals surface area contributed by atoms with Gasteiger partial charge in [-0.3, -0.25) is 0 Å². The summed E-state index contributed by atoms with van der Waals surface area (Å²) in [6.07, 6.45) is 12.0. The highest BCUT2D eigenvalue weighted by Gasteiger charge is 2.07. The van der Waals surface area contributed by atoms with Crippen LogP contribution in [0.25, 0.3) is 0 Å². The van der Waals surface area contributed by atoms with E-state index < -0.39 is 0 Å². The summed E-state index contributed by atoms with van der Waals surface area (Å²) in [5, 5.41) is 10.3. The van der Waals surface area contributed by atoms with Crippen LogP contribution < -0.4 is 0 Å². The van der Waals surface area contributed by atoms with Crippen LogP contribution in [-0.4, -0.2) is 5.11 Å². The lowest BCUT2D eigenvalue weighted by Crippen LogP contribution is -1.98. The van der Waals surface area contributed by atoms with Gasteiger partial charge in [0.1, 0.15) is 0 Å². The maximum absolute atomic E-state index is 10.3. The molecule has 1 heteroatoms. The summed E-state index contributed by atoms with van der Waals surface area (Å²) in [6, 6.07) is 8.47. The van der Waals surface area contributed by atoms with E-state index >= 15 is 0 Å². The summed E-state index contributed by atoms with van der Waals surface area (Å²) in [4.78, 5) is 0. The van der Waals surface area contributed by atoms with Gasteiger partial charge in [-0.15, -0.1) is 0 Å². The van der Waals surface area contributed by atoms with Crippen LogP contribution in [0.2, 0.25) is 0 Å². The van der Waals surface area contributed by atoms with Crippen LogP contribution in [-0.2, 0) is 6.42 Å². The second-order valence-corrected chi connectivity index (χ2v) is 5.92. The third-order valence-corrected chi connectivity index (χ3v) is 3.96. The van der Waals surface area contributed by atoms with E-state index in [2.05, 4.69) is 38.1 Å². The zero-order valence-electron chi connectivity index (χ0n) is 13.4. The fraction of sp³-hybridized carbons (Fsp3) is 0.684. The van der Waals surface area contributed by atoms with Gasteiger partial charge in [-0.1, -0.05) is 89.5 Å². The first-order chi connectivity index (χ1) is 9.77. The first-order valence-corrected chi connectivity index (χ1v) is 8.54. The number of hydrogen-bond acceptors (Lipinski definition) is 1. The zero-order valence-corrected chi connectivity index (χ0v) is 13.4. The van der Waals surface area contributed by atoms with Crippen molar-refractivity contribution in [1.29, 1.82) is 0 Å². The van der Waals surface area contributed by atoms with Gasteiger partial charge in [-0.25, -0.2) is 0 Å². The lowest BCUT2D eigenvalue weighted by atomic mass is 9.99. The van der Waals surface area contributed by atoms with Crippen molar-refractivity contribution in [3.63, 3.8) is 0 Å². The molecule has 0 aliphatic heterocycles. The monoisotopic (exact) mass is 276 g/mol. The quantitative estimate of drug-likeness (QED) is 0.505. The van der Waals surface area contributed by atoms with Gasteiger partial charge in [0.25, 0.3) is 0 Å². The SMILES string of the molecule is CCCCCCCCCC(O)c1cccc(CCC)c1. The Hall–Kier alpha value is -0.820. The minimum absolute atomic E-state index is 0.276. The molecule has 114 valence electrons. The standard InChI is InChI=1S/C19H32O/c1-3-5-6-7-8-9-10-15-19(20)18-14-11-13-17(16-18)12-4-2/h11,13-14,16,19-20H,3-10,12,15H2,1-2H3. The van der Waals surface area contributed by atoms with Crippen molar-refractivity contribution in [2.45, 2.75) is 84.2 Å². The molecule has 0 fully saturated rings. The number of aryl methyl sites for hydroxylation is 1. The molecule has 1 unspecified atom stereocenters. The molecule has 1 atom stereocenters. The molecular weight excluding hydrogens is 244 g/mol. The summed E-state index contributed by atoms with van der Waals surface area (Å²) in [5.74, 6) is 0. The Kier molecular flexibility index (Phi) is 9.40. The minimum atomic E-state index is -0.276. The Morgan fingerprint density at radius 2 is 1.60 bits per heavy atom. The van der Waals surface area contributed by atoms with Gasteiger partial charge in [0.2, 0.25) is 0 Å². The Morgan fingerprint density at radius 1 is 0.900 bits per heavy atom. The first-order valence-electron chi connectivity index (χ1n) is 8.54. The molecule has 0 radical (unpaired) electrons. The molecule has 20 heavy (non-hydrogen) atoms. The van der Waals surface area contributed by atoms with Crippen molar-refractivity contribution in [2.24, 2.45) is 0 Å². The van der Waals surface area contributed by atoms with Gasteiger partial charge in [-0.05, 0) is 24.0 Å². The molecule has 0 aliphatic carbocycles. The van der Waals surface area contributed by atoms with Gasteiger partial charge in [0.05, 0.1) is 6.10 Å². The van der Waals surface area contributed by atoms with Crippen molar-refractivity contribution in [1.82, 2.24) is 0 Å². The number of aliphatic hydroxyl groups is 1. The summed E-state index contributed by atoms with van der Waals surface area (Å²) in [7, 11) is 0. The Labute approximate surface area is 125 Å². The largest absolute Gasteiger partial charge is 0.388 e. The third-order valence-electron chi connectivity index (χ3n) is 3.96. The van der Waals surface area contributed by atoms with Crippen LogP contribution >= 0.6 is 0 Å². The molecule has 0 bridgehead atoms. The molecule has 0 aromatic heterocycles. The number of unbranched alkanes of at least 4 members (excludes halogenated alkanes) is 6. The predicted molar refractivity (Wildman–Crippen MR) is 88.0 cm³/mol. The summed E-state index contributed by atoms with van der Waals surface area (Å²) in [5.41, 5.74) is 2.45. The fourth-order valence-corrected chi connectivity index (χ4v) is 2.71. The van der Waals surface area contributed by atoms with Crippen LogP contribution in [0, 0.1) is 0 Å². The normalized spacial score (nSPS) is 12.6. The Balaban J connectivity index is 2.21. The predicted octanol–water partition coefficient (Wildman–Crippen LogP) is 5.81. The molecule has 0 saturated carbocycles. The zero-order chi connectivity index (χ0) is 14.6. The molecule has 1 rings (SSSR count). The highest BCUT2D eigenvalue weighted by molar-refractivity contribution is 5.25. The lowest BCUT2D eigenvalue weighted by Gasteiger charge is -2.12. The van der Waals surface area contributed by atoms with E-state index in [1.807, 2.05) is 0 Å². The molecule has 1 aromatic rings. The molecular formula is C19H32O. The van der Waals surface area contributed by atoms with Gasteiger partial charge in [0, 0.05) is 0 Å². The average Bonchev–Trinajstić information content (AvgIpc) is 2.47. The second kappa shape index (κ2) is 10.9. The van der Waals surface area contributed by atoms with E-state index in [1.54, 1.807) is 0 Å². The molecule has 1 nitrogen and oxygen atoms in total. The van der Waals surface area contributed by atoms with Gasteiger partial charge in [-0.2, -0.15) is 0 Å². The van der Waals surface area contributed by atoms with Gasteiger partial charge < -0.3 is 5.11 Å². The second-order valence-electron chi connectivity index (χ2n) is 5.92. The number of rotatable bonds is 11. The van der Waals surface area contributed by atoms with E-state index in [-0.39, 0.29) is 6.10 Å². The summed E-state index contributed by atoms with van der Waals surface area (Å²) < 4.78 is 0. The van der Waals surface area contributed by atoms with Gasteiger partial charge in [0.15, 0.2) is 0 Å². The van der Waals surface area contributed by atoms with E-state index in [0.717, 1.165) is 31.2 Å². The first kappa shape index (κ1) is 17.2. The van der Waals surface area contributed by atoms with Crippen molar-refractivity contribution in [2.75, 3.05) is 0 Å². The van der Waals surface area contributed by atoms with Crippen LogP contribution in [0.4, 0.5) is 0 Å². The number of benzene rings is 1. The molecule has 0 aliphatic rings. The van der Waals surface area contributed by atoms with E-state index in [9.17, 15) is 5.11 Å². The lowest BCUT2D eigenvalue weighted by molar-refractivity contribution is 0.163. The van der Waals surface area contributed by atoms with E-state index in [1.165, 1.54) is 44.1 Å². The Bertz CT molecular complexity index is 345. The van der Waals surface area contributed by atoms with E-state index in [4.69, 9.17) is 0 Å². The third kappa shape index (κ3) is 7.09. The fourth-order valence-electron chi connectivity index (χ4n) is 2.71. The Morgan fingerprint density at radius 3 is 2.30 bits per heavy atom.